The van der Waals surface area contributed by atoms with Crippen LogP contribution in [0.5, 0.6) is 0 Å². The van der Waals surface area contributed by atoms with Crippen molar-refractivity contribution in [2.24, 2.45) is 0 Å². The molecule has 70 valence electrons. The van der Waals surface area contributed by atoms with E-state index in [2.05, 4.69) is 0 Å². The number of carbonyl (C=O) groups is 1. The molecule has 1 aromatic rings. The van der Waals surface area contributed by atoms with Gasteiger partial charge in [0.2, 0.25) is 5.79 Å². The van der Waals surface area contributed by atoms with Gasteiger partial charge >= 0.3 is 5.97 Å². The minimum absolute atomic E-state index is 0.178. The van der Waals surface area contributed by atoms with Crippen molar-refractivity contribution in [3.05, 3.63) is 35.9 Å². The third kappa shape index (κ3) is 2.54. The van der Waals surface area contributed by atoms with Crippen molar-refractivity contribution in [2.75, 3.05) is 0 Å². The summed E-state index contributed by atoms with van der Waals surface area (Å²) >= 11 is 0. The van der Waals surface area contributed by atoms with Gasteiger partial charge in [-0.1, -0.05) is 30.3 Å². The van der Waals surface area contributed by atoms with Crippen molar-refractivity contribution < 1.29 is 20.1 Å². The van der Waals surface area contributed by atoms with Crippen molar-refractivity contribution in [1.29, 1.82) is 0 Å². The molecule has 0 unspecified atom stereocenters. The van der Waals surface area contributed by atoms with Gasteiger partial charge in [0.05, 0.1) is 0 Å². The lowest BCUT2D eigenvalue weighted by molar-refractivity contribution is -0.187. The van der Waals surface area contributed by atoms with Crippen LogP contribution in [-0.4, -0.2) is 21.3 Å². The van der Waals surface area contributed by atoms with E-state index in [0.717, 1.165) is 0 Å². The molecule has 0 saturated heterocycles. The van der Waals surface area contributed by atoms with E-state index in [9.17, 15) is 15.0 Å². The Kier molecular flexibility index (Phi) is 2.65. The lowest BCUT2D eigenvalue weighted by Gasteiger charge is -2.19. The second-order valence-corrected chi connectivity index (χ2v) is 2.75. The molecule has 0 aromatic heterocycles. The summed E-state index contributed by atoms with van der Waals surface area (Å²) in [5, 5.41) is 27.1. The molecular weight excluding hydrogens is 172 g/mol. The molecule has 0 saturated carbocycles. The third-order valence-electron chi connectivity index (χ3n) is 1.63. The van der Waals surface area contributed by atoms with E-state index in [0.29, 0.717) is 0 Å². The SMILES string of the molecule is O=C(O)CC(O)(O)c1ccccc1. The molecule has 0 bridgehead atoms. The number of carboxylic acids is 1. The lowest BCUT2D eigenvalue weighted by Crippen LogP contribution is -2.28. The summed E-state index contributed by atoms with van der Waals surface area (Å²) in [6.07, 6.45) is -0.725. The van der Waals surface area contributed by atoms with Crippen molar-refractivity contribution >= 4 is 5.97 Å². The van der Waals surface area contributed by atoms with Crippen LogP contribution < -0.4 is 0 Å². The smallest absolute Gasteiger partial charge is 0.309 e. The maximum absolute atomic E-state index is 10.3. The molecule has 0 fully saturated rings. The van der Waals surface area contributed by atoms with Crippen LogP contribution in [0.4, 0.5) is 0 Å². The van der Waals surface area contributed by atoms with E-state index in [4.69, 9.17) is 5.11 Å². The van der Waals surface area contributed by atoms with Crippen molar-refractivity contribution in [3.8, 4) is 0 Å². The molecule has 0 radical (unpaired) electrons. The van der Waals surface area contributed by atoms with Crippen molar-refractivity contribution in [3.63, 3.8) is 0 Å². The molecule has 0 aliphatic heterocycles. The maximum atomic E-state index is 10.3. The molecule has 4 heteroatoms. The summed E-state index contributed by atoms with van der Waals surface area (Å²) in [6.45, 7) is 0. The zero-order chi connectivity index (χ0) is 9.90. The van der Waals surface area contributed by atoms with E-state index >= 15 is 0 Å². The molecule has 1 aromatic carbocycles. The van der Waals surface area contributed by atoms with Gasteiger partial charge in [-0.2, -0.15) is 0 Å². The lowest BCUT2D eigenvalue weighted by atomic mass is 10.0. The highest BCUT2D eigenvalue weighted by atomic mass is 16.5. The topological polar surface area (TPSA) is 77.8 Å². The summed E-state index contributed by atoms with van der Waals surface area (Å²) < 4.78 is 0. The highest BCUT2D eigenvalue weighted by Crippen LogP contribution is 2.20. The number of aliphatic carboxylic acids is 1. The quantitative estimate of drug-likeness (QED) is 0.587. The zero-order valence-electron chi connectivity index (χ0n) is 6.84. The first-order valence-corrected chi connectivity index (χ1v) is 3.74. The number of aliphatic hydroxyl groups is 2. The van der Waals surface area contributed by atoms with Gasteiger partial charge in [0.25, 0.3) is 0 Å². The maximum Gasteiger partial charge on any atom is 0.309 e. The van der Waals surface area contributed by atoms with E-state index in [-0.39, 0.29) is 5.56 Å². The molecular formula is C9H10O4. The molecule has 4 nitrogen and oxygen atoms in total. The summed E-state index contributed by atoms with van der Waals surface area (Å²) in [5.41, 5.74) is 0.178. The Labute approximate surface area is 75.1 Å². The molecule has 3 N–H and O–H groups in total. The first-order valence-electron chi connectivity index (χ1n) is 3.74. The Morgan fingerprint density at radius 1 is 1.23 bits per heavy atom. The van der Waals surface area contributed by atoms with Gasteiger partial charge in [0.1, 0.15) is 6.42 Å². The van der Waals surface area contributed by atoms with Crippen molar-refractivity contribution in [1.82, 2.24) is 0 Å². The predicted molar refractivity (Wildman–Crippen MR) is 44.8 cm³/mol. The van der Waals surface area contributed by atoms with Crippen LogP contribution in [0.1, 0.15) is 12.0 Å². The molecule has 0 aliphatic rings. The van der Waals surface area contributed by atoms with Gasteiger partial charge in [-0.15, -0.1) is 0 Å². The summed E-state index contributed by atoms with van der Waals surface area (Å²) in [6, 6.07) is 7.85. The van der Waals surface area contributed by atoms with Crippen LogP contribution in [0.25, 0.3) is 0 Å². The third-order valence-corrected chi connectivity index (χ3v) is 1.63. The van der Waals surface area contributed by atoms with Gasteiger partial charge in [-0.05, 0) is 0 Å². The Morgan fingerprint density at radius 3 is 2.23 bits per heavy atom. The van der Waals surface area contributed by atoms with Gasteiger partial charge in [-0.3, -0.25) is 4.79 Å². The average molecular weight is 182 g/mol. The molecule has 13 heavy (non-hydrogen) atoms. The minimum atomic E-state index is -2.28. The van der Waals surface area contributed by atoms with E-state index in [1.165, 1.54) is 12.1 Å². The van der Waals surface area contributed by atoms with Crippen LogP contribution >= 0.6 is 0 Å². The Balaban J connectivity index is 2.87. The average Bonchev–Trinajstić information content (AvgIpc) is 2.04. The second kappa shape index (κ2) is 3.55. The van der Waals surface area contributed by atoms with Crippen molar-refractivity contribution in [2.45, 2.75) is 12.2 Å². The van der Waals surface area contributed by atoms with Gasteiger partial charge in [0, 0.05) is 5.56 Å². The fourth-order valence-electron chi connectivity index (χ4n) is 1.02. The van der Waals surface area contributed by atoms with E-state index in [1.54, 1.807) is 18.2 Å². The van der Waals surface area contributed by atoms with Crippen LogP contribution in [-0.2, 0) is 10.6 Å². The number of rotatable bonds is 3. The highest BCUT2D eigenvalue weighted by molar-refractivity contribution is 5.68. The predicted octanol–water partition coefficient (Wildman–Crippen LogP) is 0.299. The molecule has 0 spiro atoms. The Hall–Kier alpha value is -1.39. The van der Waals surface area contributed by atoms with Crippen LogP contribution in [0.15, 0.2) is 30.3 Å². The van der Waals surface area contributed by atoms with E-state index < -0.39 is 18.2 Å². The fourth-order valence-corrected chi connectivity index (χ4v) is 1.02. The molecule has 0 atom stereocenters. The van der Waals surface area contributed by atoms with E-state index in [1.807, 2.05) is 0 Å². The normalized spacial score (nSPS) is 11.2. The molecule has 1 rings (SSSR count). The first kappa shape index (κ1) is 9.70. The monoisotopic (exact) mass is 182 g/mol. The molecule has 0 heterocycles. The van der Waals surface area contributed by atoms with Crippen LogP contribution in [0.3, 0.4) is 0 Å². The fraction of sp³-hybridized carbons (Fsp3) is 0.222. The first-order chi connectivity index (χ1) is 6.02. The second-order valence-electron chi connectivity index (χ2n) is 2.75. The minimum Gasteiger partial charge on any atom is -0.481 e. The largest absolute Gasteiger partial charge is 0.481 e. The number of hydrogen-bond acceptors (Lipinski definition) is 3. The summed E-state index contributed by atoms with van der Waals surface area (Å²) in [5.74, 6) is -3.54. The Morgan fingerprint density at radius 2 is 1.77 bits per heavy atom. The van der Waals surface area contributed by atoms with Gasteiger partial charge in [0.15, 0.2) is 0 Å². The number of benzene rings is 1. The molecule has 0 amide bonds. The summed E-state index contributed by atoms with van der Waals surface area (Å²) in [7, 11) is 0. The van der Waals surface area contributed by atoms with Crippen LogP contribution in [0, 0.1) is 0 Å². The summed E-state index contributed by atoms with van der Waals surface area (Å²) in [4.78, 5) is 10.3. The number of carboxylic acid groups (broad SMARTS) is 1. The zero-order valence-corrected chi connectivity index (χ0v) is 6.84. The van der Waals surface area contributed by atoms with Crippen LogP contribution in [0.2, 0.25) is 0 Å². The Bertz CT molecular complexity index is 292. The number of hydrogen-bond donors (Lipinski definition) is 3. The highest BCUT2D eigenvalue weighted by Gasteiger charge is 2.28. The van der Waals surface area contributed by atoms with Gasteiger partial charge < -0.3 is 15.3 Å². The van der Waals surface area contributed by atoms with Gasteiger partial charge in [-0.25, -0.2) is 0 Å². The standard InChI is InChI=1S/C9H10O4/c10-8(11)6-9(12,13)7-4-2-1-3-5-7/h1-5,12-13H,6H2,(H,10,11). The molecule has 0 aliphatic carbocycles.